The largest absolute Gasteiger partial charge is 0.373 e. The van der Waals surface area contributed by atoms with Gasteiger partial charge in [0.25, 0.3) is 5.56 Å². The Morgan fingerprint density at radius 2 is 1.66 bits per heavy atom. The summed E-state index contributed by atoms with van der Waals surface area (Å²) >= 11 is 0. The molecule has 0 saturated carbocycles. The van der Waals surface area contributed by atoms with Crippen molar-refractivity contribution in [2.75, 3.05) is 13.1 Å². The summed E-state index contributed by atoms with van der Waals surface area (Å²) in [6, 6.07) is 0. The molecule has 0 aliphatic carbocycles. The van der Waals surface area contributed by atoms with Crippen LogP contribution in [0.25, 0.3) is 11.2 Å². The lowest BCUT2D eigenvalue weighted by Gasteiger charge is -2.35. The molecule has 0 spiro atoms. The molecule has 162 valence electrons. The molecule has 0 unspecified atom stereocenters. The summed E-state index contributed by atoms with van der Waals surface area (Å²) in [5.41, 5.74) is 0.417. The smallest absolute Gasteiger partial charge is 0.332 e. The van der Waals surface area contributed by atoms with Crippen LogP contribution in [-0.2, 0) is 31.9 Å². The summed E-state index contributed by atoms with van der Waals surface area (Å²) in [4.78, 5) is 32.4. The lowest BCUT2D eigenvalue weighted by atomic mass is 10.1. The van der Waals surface area contributed by atoms with Crippen molar-refractivity contribution in [1.29, 1.82) is 0 Å². The lowest BCUT2D eigenvalue weighted by Crippen LogP contribution is -2.45. The van der Waals surface area contributed by atoms with Crippen LogP contribution in [0.1, 0.15) is 58.7 Å². The topological polar surface area (TPSA) is 74.3 Å². The van der Waals surface area contributed by atoms with Crippen molar-refractivity contribution in [3.8, 4) is 0 Å². The van der Waals surface area contributed by atoms with E-state index in [1.165, 1.54) is 35.4 Å². The number of nitrogens with zero attached hydrogens (tertiary/aromatic N) is 5. The van der Waals surface area contributed by atoms with Crippen molar-refractivity contribution in [1.82, 2.24) is 23.6 Å². The molecule has 1 fully saturated rings. The summed E-state index contributed by atoms with van der Waals surface area (Å²) in [5.74, 6) is 0.857. The van der Waals surface area contributed by atoms with Crippen molar-refractivity contribution in [2.45, 2.75) is 78.2 Å². The zero-order valence-electron chi connectivity index (χ0n) is 18.5. The Morgan fingerprint density at radius 3 is 2.31 bits per heavy atom. The van der Waals surface area contributed by atoms with Crippen LogP contribution in [-0.4, -0.2) is 48.9 Å². The van der Waals surface area contributed by atoms with E-state index >= 15 is 0 Å². The lowest BCUT2D eigenvalue weighted by molar-refractivity contribution is -0.0712. The molecule has 1 aliphatic heterocycles. The molecule has 0 bridgehead atoms. The van der Waals surface area contributed by atoms with Crippen molar-refractivity contribution in [3.05, 3.63) is 26.7 Å². The zero-order chi connectivity index (χ0) is 21.1. The third-order valence-electron chi connectivity index (χ3n) is 5.77. The number of fused-ring (bicyclic) bond motifs is 1. The van der Waals surface area contributed by atoms with Crippen LogP contribution in [0, 0.1) is 0 Å². The Balaban J connectivity index is 1.97. The van der Waals surface area contributed by atoms with E-state index in [0.29, 0.717) is 17.7 Å². The Bertz CT molecular complexity index is 948. The molecule has 2 atom stereocenters. The monoisotopic (exact) mass is 405 g/mol. The second-order valence-electron chi connectivity index (χ2n) is 8.42. The number of aryl methyl sites for hydroxylation is 2. The van der Waals surface area contributed by atoms with Gasteiger partial charge in [0, 0.05) is 33.7 Å². The Morgan fingerprint density at radius 1 is 1.00 bits per heavy atom. The highest BCUT2D eigenvalue weighted by molar-refractivity contribution is 5.71. The molecule has 29 heavy (non-hydrogen) atoms. The Hall–Kier alpha value is -1.93. The van der Waals surface area contributed by atoms with E-state index in [9.17, 15) is 9.59 Å². The minimum atomic E-state index is -0.338. The fraction of sp³-hybridized carbons (Fsp3) is 0.762. The highest BCUT2D eigenvalue weighted by Crippen LogP contribution is 2.18. The van der Waals surface area contributed by atoms with Crippen LogP contribution in [0.15, 0.2) is 9.59 Å². The summed E-state index contributed by atoms with van der Waals surface area (Å²) < 4.78 is 10.6. The highest BCUT2D eigenvalue weighted by atomic mass is 16.5. The number of imidazole rings is 1. The maximum atomic E-state index is 12.9. The number of unbranched alkanes of at least 4 members (excludes halogenated alkanes) is 4. The molecular weight excluding hydrogens is 370 g/mol. The molecule has 0 amide bonds. The molecule has 8 nitrogen and oxygen atoms in total. The molecule has 2 aromatic heterocycles. The second-order valence-corrected chi connectivity index (χ2v) is 8.42. The number of rotatable bonds is 8. The van der Waals surface area contributed by atoms with Crippen LogP contribution in [0.4, 0.5) is 0 Å². The van der Waals surface area contributed by atoms with Crippen LogP contribution in [0.2, 0.25) is 0 Å². The van der Waals surface area contributed by atoms with Gasteiger partial charge in [0.2, 0.25) is 0 Å². The average molecular weight is 406 g/mol. The van der Waals surface area contributed by atoms with Crippen molar-refractivity contribution < 1.29 is 4.74 Å². The van der Waals surface area contributed by atoms with E-state index in [-0.39, 0.29) is 23.5 Å². The zero-order valence-corrected chi connectivity index (χ0v) is 18.5. The van der Waals surface area contributed by atoms with Gasteiger partial charge in [-0.1, -0.05) is 32.6 Å². The van der Waals surface area contributed by atoms with Crippen molar-refractivity contribution in [3.63, 3.8) is 0 Å². The predicted octanol–water partition coefficient (Wildman–Crippen LogP) is 2.01. The molecule has 1 saturated heterocycles. The Labute approximate surface area is 172 Å². The minimum Gasteiger partial charge on any atom is -0.373 e. The molecule has 1 aliphatic rings. The maximum Gasteiger partial charge on any atom is 0.332 e. The van der Waals surface area contributed by atoms with Crippen molar-refractivity contribution >= 4 is 11.2 Å². The molecule has 2 aromatic rings. The number of hydrogen-bond donors (Lipinski definition) is 0. The molecule has 0 N–H and O–H groups in total. The third-order valence-corrected chi connectivity index (χ3v) is 5.77. The minimum absolute atomic E-state index is 0.169. The Kier molecular flexibility index (Phi) is 6.95. The molecule has 0 aromatic carbocycles. The highest BCUT2D eigenvalue weighted by Gasteiger charge is 2.25. The van der Waals surface area contributed by atoms with Crippen molar-refractivity contribution in [2.24, 2.45) is 14.1 Å². The van der Waals surface area contributed by atoms with Gasteiger partial charge in [0.05, 0.1) is 18.8 Å². The SMILES string of the molecule is CCCCCCCn1c(CN2C[C@@H](C)O[C@H](C)C2)nc2c1c(=O)n(C)c(=O)n2C. The molecule has 3 heterocycles. The first kappa shape index (κ1) is 21.8. The third kappa shape index (κ3) is 4.64. The number of ether oxygens (including phenoxy) is 1. The fourth-order valence-electron chi connectivity index (χ4n) is 4.34. The number of aromatic nitrogens is 4. The van der Waals surface area contributed by atoms with Crippen LogP contribution in [0.3, 0.4) is 0 Å². The predicted molar refractivity (Wildman–Crippen MR) is 114 cm³/mol. The quantitative estimate of drug-likeness (QED) is 0.628. The maximum absolute atomic E-state index is 12.9. The van der Waals surface area contributed by atoms with E-state index in [1.54, 1.807) is 7.05 Å². The molecule has 8 heteroatoms. The van der Waals surface area contributed by atoms with Gasteiger partial charge in [0.1, 0.15) is 5.82 Å². The molecular formula is C21H35N5O3. The number of morpholine rings is 1. The standard InChI is InChI=1S/C21H35N5O3/c1-6-7-8-9-10-11-26-17(14-25-12-15(2)29-16(3)13-25)22-19-18(26)20(27)24(5)21(28)23(19)4/h15-16H,6-14H2,1-5H3/t15-,16-/m1/s1. The van der Waals surface area contributed by atoms with Gasteiger partial charge in [0.15, 0.2) is 11.2 Å². The summed E-state index contributed by atoms with van der Waals surface area (Å²) in [6.45, 7) is 9.44. The summed E-state index contributed by atoms with van der Waals surface area (Å²) in [7, 11) is 3.22. The first-order valence-corrected chi connectivity index (χ1v) is 10.9. The van der Waals surface area contributed by atoms with E-state index in [0.717, 1.165) is 38.3 Å². The summed E-state index contributed by atoms with van der Waals surface area (Å²) in [5, 5.41) is 0. The first-order chi connectivity index (χ1) is 13.8. The normalized spacial score (nSPS) is 20.6. The van der Waals surface area contributed by atoms with E-state index < -0.39 is 0 Å². The second kappa shape index (κ2) is 9.26. The first-order valence-electron chi connectivity index (χ1n) is 10.9. The van der Waals surface area contributed by atoms with Gasteiger partial charge in [-0.2, -0.15) is 0 Å². The fourth-order valence-corrected chi connectivity index (χ4v) is 4.34. The van der Waals surface area contributed by atoms with E-state index in [1.807, 2.05) is 4.57 Å². The van der Waals surface area contributed by atoms with Gasteiger partial charge in [-0.05, 0) is 20.3 Å². The van der Waals surface area contributed by atoms with Crippen LogP contribution >= 0.6 is 0 Å². The van der Waals surface area contributed by atoms with Crippen LogP contribution < -0.4 is 11.2 Å². The number of hydrogen-bond acceptors (Lipinski definition) is 5. The molecule has 3 rings (SSSR count). The van der Waals surface area contributed by atoms with E-state index in [4.69, 9.17) is 9.72 Å². The van der Waals surface area contributed by atoms with Gasteiger partial charge < -0.3 is 9.30 Å². The van der Waals surface area contributed by atoms with Gasteiger partial charge >= 0.3 is 5.69 Å². The molecule has 0 radical (unpaired) electrons. The van der Waals surface area contributed by atoms with Crippen LogP contribution in [0.5, 0.6) is 0 Å². The average Bonchev–Trinajstić information content (AvgIpc) is 3.02. The van der Waals surface area contributed by atoms with Gasteiger partial charge in [-0.25, -0.2) is 9.78 Å². The van der Waals surface area contributed by atoms with Gasteiger partial charge in [-0.3, -0.25) is 18.8 Å². The van der Waals surface area contributed by atoms with Gasteiger partial charge in [-0.15, -0.1) is 0 Å². The summed E-state index contributed by atoms with van der Waals surface area (Å²) in [6.07, 6.45) is 6.11. The van der Waals surface area contributed by atoms with E-state index in [2.05, 4.69) is 25.7 Å².